The van der Waals surface area contributed by atoms with Crippen molar-refractivity contribution in [2.24, 2.45) is 11.1 Å². The third kappa shape index (κ3) is 8.27. The second kappa shape index (κ2) is 15.3. The van der Waals surface area contributed by atoms with Crippen LogP contribution in [0.15, 0.2) is 59.8 Å². The molecule has 5 atom stereocenters. The van der Waals surface area contributed by atoms with E-state index in [0.717, 1.165) is 54.9 Å². The minimum atomic E-state index is -3.87. The Morgan fingerprint density at radius 3 is 2.50 bits per heavy atom. The van der Waals surface area contributed by atoms with E-state index in [0.29, 0.717) is 32.1 Å². The maximum atomic E-state index is 14.3. The summed E-state index contributed by atoms with van der Waals surface area (Å²) in [5.41, 5.74) is -0.660. The van der Waals surface area contributed by atoms with E-state index in [1.54, 1.807) is 6.21 Å². The van der Waals surface area contributed by atoms with Gasteiger partial charge in [-0.2, -0.15) is 0 Å². The summed E-state index contributed by atoms with van der Waals surface area (Å²) < 4.78 is 33.4. The third-order valence-corrected chi connectivity index (χ3v) is 12.7. The summed E-state index contributed by atoms with van der Waals surface area (Å²) in [6.45, 7) is 0.0143. The summed E-state index contributed by atoms with van der Waals surface area (Å²) in [5, 5.41) is 11.4. The maximum Gasteiger partial charge on any atom is 0.408 e. The van der Waals surface area contributed by atoms with Crippen LogP contribution in [0.2, 0.25) is 0 Å². The molecule has 0 spiro atoms. The Labute approximate surface area is 304 Å². The van der Waals surface area contributed by atoms with Gasteiger partial charge in [-0.25, -0.2) is 13.2 Å². The molecule has 2 aliphatic heterocycles. The number of ether oxygens (including phenoxy) is 1. The molecule has 0 aromatic heterocycles. The number of carbonyl (C=O) groups is 4. The number of amides is 4. The number of carbonyl (C=O) groups excluding carboxylic acids is 4. The number of nitrogens with one attached hydrogen (secondary N) is 3. The lowest BCUT2D eigenvalue weighted by molar-refractivity contribution is -0.141. The van der Waals surface area contributed by atoms with Crippen LogP contribution in [0.1, 0.15) is 89.0 Å². The zero-order valence-corrected chi connectivity index (χ0v) is 30.0. The van der Waals surface area contributed by atoms with Gasteiger partial charge in [0, 0.05) is 12.3 Å². The first kappa shape index (κ1) is 35.9. The molecule has 4 amide bonds. The van der Waals surface area contributed by atoms with Crippen molar-refractivity contribution in [3.05, 3.63) is 60.2 Å². The van der Waals surface area contributed by atoms with Crippen molar-refractivity contribution < 1.29 is 37.2 Å². The molecular formula is C38H47N5O8S. The quantitative estimate of drug-likeness (QED) is 0.206. The number of fused-ring (bicyclic) bond motifs is 3. The summed E-state index contributed by atoms with van der Waals surface area (Å²) >= 11 is 0. The van der Waals surface area contributed by atoms with Crippen LogP contribution in [0.3, 0.4) is 0 Å². The second-order valence-electron chi connectivity index (χ2n) is 14.8. The van der Waals surface area contributed by atoms with Crippen LogP contribution in [0.25, 0.3) is 10.8 Å². The number of allylic oxidation sites excluding steroid dienone is 1. The van der Waals surface area contributed by atoms with Gasteiger partial charge in [0.2, 0.25) is 21.8 Å². The number of hydrogen-bond acceptors (Lipinski definition) is 9. The van der Waals surface area contributed by atoms with Gasteiger partial charge in [0.1, 0.15) is 29.8 Å². The molecule has 5 aliphatic rings. The first-order valence-corrected chi connectivity index (χ1v) is 20.2. The van der Waals surface area contributed by atoms with Crippen LogP contribution in [0.4, 0.5) is 4.79 Å². The second-order valence-corrected chi connectivity index (χ2v) is 16.8. The molecule has 7 rings (SSSR count). The predicted molar refractivity (Wildman–Crippen MR) is 193 cm³/mol. The average Bonchev–Trinajstić information content (AvgIpc) is 4.00. The Bertz CT molecular complexity index is 1860. The third-order valence-electron chi connectivity index (χ3n) is 10.9. The summed E-state index contributed by atoms with van der Waals surface area (Å²) in [4.78, 5) is 62.4. The Morgan fingerprint density at radius 2 is 1.71 bits per heavy atom. The van der Waals surface area contributed by atoms with Crippen molar-refractivity contribution in [1.82, 2.24) is 20.3 Å². The fourth-order valence-electron chi connectivity index (χ4n) is 7.64. The summed E-state index contributed by atoms with van der Waals surface area (Å²) in [6, 6.07) is 11.8. The highest BCUT2D eigenvalue weighted by atomic mass is 32.2. The largest absolute Gasteiger partial charge is 0.446 e. The van der Waals surface area contributed by atoms with Crippen molar-refractivity contribution in [3.63, 3.8) is 0 Å². The molecule has 0 unspecified atom stereocenters. The van der Waals surface area contributed by atoms with E-state index in [9.17, 15) is 27.6 Å². The molecule has 0 bridgehead atoms. The van der Waals surface area contributed by atoms with E-state index < -0.39 is 68.7 Å². The molecule has 2 aromatic carbocycles. The van der Waals surface area contributed by atoms with Gasteiger partial charge < -0.3 is 25.1 Å². The lowest BCUT2D eigenvalue weighted by atomic mass is 10.0. The molecule has 52 heavy (non-hydrogen) atoms. The molecule has 3 aliphatic carbocycles. The zero-order valence-electron chi connectivity index (χ0n) is 29.2. The Hall–Kier alpha value is -4.46. The number of sulfonamides is 1. The molecule has 278 valence electrons. The molecule has 0 radical (unpaired) electrons. The van der Waals surface area contributed by atoms with Crippen LogP contribution in [0.5, 0.6) is 0 Å². The first-order chi connectivity index (χ1) is 25.1. The molecule has 13 nitrogen and oxygen atoms in total. The highest BCUT2D eigenvalue weighted by Crippen LogP contribution is 2.46. The van der Waals surface area contributed by atoms with Crippen molar-refractivity contribution in [1.29, 1.82) is 0 Å². The van der Waals surface area contributed by atoms with Crippen LogP contribution < -0.4 is 15.4 Å². The van der Waals surface area contributed by atoms with Crippen molar-refractivity contribution in [2.45, 2.75) is 119 Å². The van der Waals surface area contributed by atoms with Gasteiger partial charge in [-0.3, -0.25) is 19.1 Å². The number of benzene rings is 2. The number of oxime groups is 1. The molecule has 1 saturated heterocycles. The van der Waals surface area contributed by atoms with E-state index >= 15 is 0 Å². The lowest BCUT2D eigenvalue weighted by Crippen LogP contribution is -2.58. The van der Waals surface area contributed by atoms with E-state index in [1.165, 1.54) is 4.90 Å². The minimum Gasteiger partial charge on any atom is -0.446 e. The fraction of sp³-hybridized carbons (Fsp3) is 0.553. The van der Waals surface area contributed by atoms with Crippen molar-refractivity contribution >= 4 is 50.8 Å². The van der Waals surface area contributed by atoms with Crippen LogP contribution in [-0.2, 0) is 34.0 Å². The molecule has 14 heteroatoms. The predicted octanol–water partition coefficient (Wildman–Crippen LogP) is 4.20. The molecular weight excluding hydrogens is 687 g/mol. The standard InChI is InChI=1S/C38H47N5O8S/c44-34-33-21-30(51-39-23-25-16-17-26-10-6-7-11-27(26)20-25)24-43(33)35(45)32(40-37(47)50-29-13-8-9-14-29)15-5-3-1-2-4-12-28-22-38(28,41-34)36(46)42-52(48,49)31-18-19-31/h4,6-7,10-12,16-17,20,23,28-33H,1-3,5,8-9,13-15,18-19,21-22,24H2,(H,40,47)(H,41,44)(H,42,46)/b12-4-,39-23+/t28-,30-,32+,33+,38+/m1/s1. The van der Waals surface area contributed by atoms with Gasteiger partial charge >= 0.3 is 6.09 Å². The van der Waals surface area contributed by atoms with E-state index in [-0.39, 0.29) is 25.5 Å². The fourth-order valence-corrected chi connectivity index (χ4v) is 9.00. The Balaban J connectivity index is 1.12. The molecule has 3 N–H and O–H groups in total. The molecule has 2 aromatic rings. The summed E-state index contributed by atoms with van der Waals surface area (Å²) in [6.07, 6.45) is 12.0. The van der Waals surface area contributed by atoms with Crippen molar-refractivity contribution in [3.8, 4) is 0 Å². The van der Waals surface area contributed by atoms with Crippen LogP contribution in [0, 0.1) is 5.92 Å². The van der Waals surface area contributed by atoms with Crippen LogP contribution in [-0.4, -0.2) is 85.0 Å². The molecule has 3 saturated carbocycles. The molecule has 2 heterocycles. The minimum absolute atomic E-state index is 0.0143. The number of alkyl carbamates (subject to hydrolysis) is 1. The number of hydrogen-bond donors (Lipinski definition) is 3. The van der Waals surface area contributed by atoms with Crippen molar-refractivity contribution in [2.75, 3.05) is 6.54 Å². The Kier molecular flexibility index (Phi) is 10.5. The molecule has 4 fully saturated rings. The van der Waals surface area contributed by atoms with Gasteiger partial charge in [0.15, 0.2) is 0 Å². The lowest BCUT2D eigenvalue weighted by Gasteiger charge is -2.30. The van der Waals surface area contributed by atoms with Gasteiger partial charge in [-0.15, -0.1) is 0 Å². The first-order valence-electron chi connectivity index (χ1n) is 18.6. The van der Waals surface area contributed by atoms with E-state index in [1.807, 2.05) is 54.6 Å². The Morgan fingerprint density at radius 1 is 0.942 bits per heavy atom. The van der Waals surface area contributed by atoms with Gasteiger partial charge in [-0.1, -0.05) is 66.5 Å². The van der Waals surface area contributed by atoms with Gasteiger partial charge in [-0.05, 0) is 86.6 Å². The van der Waals surface area contributed by atoms with E-state index in [2.05, 4.69) is 20.5 Å². The smallest absolute Gasteiger partial charge is 0.408 e. The SMILES string of the molecule is O=C(N[C@H]1CCCCC/C=C\[C@@H]2C[C@]2(C(=O)NS(=O)(=O)C2CC2)NC(=O)[C@@H]2C[C@@H](O/N=C/c3ccc4ccccc4c3)CN2C1=O)OC1CCCC1. The zero-order chi connectivity index (χ0) is 36.3. The average molecular weight is 734 g/mol. The van der Waals surface area contributed by atoms with E-state index in [4.69, 9.17) is 9.57 Å². The number of nitrogens with zero attached hydrogens (tertiary/aromatic N) is 2. The van der Waals surface area contributed by atoms with Gasteiger partial charge in [0.25, 0.3) is 5.91 Å². The van der Waals surface area contributed by atoms with Gasteiger partial charge in [0.05, 0.1) is 18.0 Å². The van der Waals surface area contributed by atoms with Crippen LogP contribution >= 0.6 is 0 Å². The highest BCUT2D eigenvalue weighted by molar-refractivity contribution is 7.91. The highest BCUT2D eigenvalue weighted by Gasteiger charge is 2.62. The summed E-state index contributed by atoms with van der Waals surface area (Å²) in [5.74, 6) is -2.23. The maximum absolute atomic E-state index is 14.3. The monoisotopic (exact) mass is 733 g/mol. The normalized spacial score (nSPS) is 29.3. The number of rotatable bonds is 8. The topological polar surface area (TPSA) is 173 Å². The summed E-state index contributed by atoms with van der Waals surface area (Å²) in [7, 11) is -3.87.